The Morgan fingerprint density at radius 3 is 2.58 bits per heavy atom. The number of halogens is 1. The number of guanidine groups is 1. The first kappa shape index (κ1) is 27.6. The Balaban J connectivity index is 0.00000480. The number of nitrogens with one attached hydrogen (secondary N) is 3. The molecule has 1 saturated carbocycles. The molecule has 31 heavy (non-hydrogen) atoms. The Hall–Kier alpha value is -1.39. The summed E-state index contributed by atoms with van der Waals surface area (Å²) in [4.78, 5) is 18.5. The van der Waals surface area contributed by atoms with Gasteiger partial charge in [-0.2, -0.15) is 0 Å². The summed E-state index contributed by atoms with van der Waals surface area (Å²) in [7, 11) is 3.75. The standard InChI is InChI=1S/C23H39N5O2.HI/c1-4-24-23(25-14-15-30-21-12-7-5-6-8-13-21)26-17-19-10-9-11-20(16-19)27-22(29)18-28(2)3;/h9-11,16,21H,4-8,12-15,17-18H2,1-3H3,(H,27,29)(H2,24,25,26);1H. The van der Waals surface area contributed by atoms with Crippen molar-refractivity contribution in [3.8, 4) is 0 Å². The molecule has 1 fully saturated rings. The molecule has 0 aliphatic heterocycles. The molecule has 0 saturated heterocycles. The van der Waals surface area contributed by atoms with E-state index in [0.717, 1.165) is 30.3 Å². The Kier molecular flexibility index (Phi) is 14.5. The van der Waals surface area contributed by atoms with Gasteiger partial charge in [-0.3, -0.25) is 4.79 Å². The van der Waals surface area contributed by atoms with Crippen LogP contribution in [-0.4, -0.2) is 63.2 Å². The van der Waals surface area contributed by atoms with Crippen LogP contribution in [0, 0.1) is 0 Å². The molecule has 1 aromatic rings. The number of benzene rings is 1. The van der Waals surface area contributed by atoms with Crippen LogP contribution in [-0.2, 0) is 16.1 Å². The molecule has 0 unspecified atom stereocenters. The van der Waals surface area contributed by atoms with E-state index < -0.39 is 0 Å². The molecule has 8 heteroatoms. The van der Waals surface area contributed by atoms with E-state index in [1.165, 1.54) is 38.5 Å². The molecule has 1 aliphatic carbocycles. The minimum absolute atomic E-state index is 0. The number of hydrogen-bond acceptors (Lipinski definition) is 4. The van der Waals surface area contributed by atoms with Gasteiger partial charge in [0.15, 0.2) is 5.96 Å². The average Bonchev–Trinajstić information content (AvgIpc) is 2.97. The molecule has 3 N–H and O–H groups in total. The molecule has 1 amide bonds. The molecular weight excluding hydrogens is 505 g/mol. The highest BCUT2D eigenvalue weighted by atomic mass is 127. The number of anilines is 1. The maximum Gasteiger partial charge on any atom is 0.238 e. The van der Waals surface area contributed by atoms with Crippen LogP contribution < -0.4 is 16.0 Å². The molecule has 0 spiro atoms. The lowest BCUT2D eigenvalue weighted by Crippen LogP contribution is -2.39. The van der Waals surface area contributed by atoms with Gasteiger partial charge in [0.25, 0.3) is 0 Å². The zero-order valence-electron chi connectivity index (χ0n) is 19.3. The summed E-state index contributed by atoms with van der Waals surface area (Å²) >= 11 is 0. The molecule has 0 aromatic heterocycles. The summed E-state index contributed by atoms with van der Waals surface area (Å²) < 4.78 is 6.05. The van der Waals surface area contributed by atoms with E-state index in [0.29, 0.717) is 25.8 Å². The number of ether oxygens (including phenoxy) is 1. The molecule has 1 aliphatic rings. The van der Waals surface area contributed by atoms with Gasteiger partial charge in [0.05, 0.1) is 25.8 Å². The van der Waals surface area contributed by atoms with Crippen LogP contribution in [0.2, 0.25) is 0 Å². The molecule has 0 heterocycles. The van der Waals surface area contributed by atoms with Gasteiger partial charge in [-0.15, -0.1) is 24.0 Å². The van der Waals surface area contributed by atoms with Gasteiger partial charge in [-0.1, -0.05) is 37.8 Å². The molecule has 2 rings (SSSR count). The number of aliphatic imine (C=N–C) groups is 1. The largest absolute Gasteiger partial charge is 0.376 e. The molecule has 0 atom stereocenters. The summed E-state index contributed by atoms with van der Waals surface area (Å²) in [5.41, 5.74) is 1.84. The van der Waals surface area contributed by atoms with E-state index in [2.05, 4.69) is 27.9 Å². The van der Waals surface area contributed by atoms with Crippen molar-refractivity contribution in [1.29, 1.82) is 0 Å². The van der Waals surface area contributed by atoms with E-state index >= 15 is 0 Å². The second-order valence-electron chi connectivity index (χ2n) is 8.09. The third-order valence-electron chi connectivity index (χ3n) is 4.98. The fourth-order valence-electron chi connectivity index (χ4n) is 3.55. The van der Waals surface area contributed by atoms with Gasteiger partial charge >= 0.3 is 0 Å². The Morgan fingerprint density at radius 2 is 1.90 bits per heavy atom. The number of amides is 1. The van der Waals surface area contributed by atoms with Crippen LogP contribution in [0.4, 0.5) is 5.69 Å². The van der Waals surface area contributed by atoms with Gasteiger partial charge in [-0.05, 0) is 51.6 Å². The first-order chi connectivity index (χ1) is 14.6. The van der Waals surface area contributed by atoms with Crippen molar-refractivity contribution in [1.82, 2.24) is 15.5 Å². The van der Waals surface area contributed by atoms with E-state index in [1.54, 1.807) is 0 Å². The fraction of sp³-hybridized carbons (Fsp3) is 0.652. The molecule has 0 radical (unpaired) electrons. The maximum absolute atomic E-state index is 12.0. The summed E-state index contributed by atoms with van der Waals surface area (Å²) in [6.45, 7) is 5.19. The Bertz CT molecular complexity index is 661. The van der Waals surface area contributed by atoms with Crippen molar-refractivity contribution in [2.24, 2.45) is 4.99 Å². The first-order valence-corrected chi connectivity index (χ1v) is 11.2. The Morgan fingerprint density at radius 1 is 1.16 bits per heavy atom. The lowest BCUT2D eigenvalue weighted by Gasteiger charge is -2.16. The van der Waals surface area contributed by atoms with Crippen molar-refractivity contribution < 1.29 is 9.53 Å². The SMILES string of the molecule is CCNC(=NCc1cccc(NC(=O)CN(C)C)c1)NCCOC1CCCCCC1.I. The van der Waals surface area contributed by atoms with Crippen LogP contribution in [0.3, 0.4) is 0 Å². The number of rotatable bonds is 10. The van der Waals surface area contributed by atoms with Gasteiger partial charge < -0.3 is 25.6 Å². The summed E-state index contributed by atoms with van der Waals surface area (Å²) in [6.07, 6.45) is 8.06. The van der Waals surface area contributed by atoms with E-state index in [1.807, 2.05) is 43.3 Å². The zero-order chi connectivity index (χ0) is 21.6. The van der Waals surface area contributed by atoms with Crippen molar-refractivity contribution in [2.75, 3.05) is 45.7 Å². The summed E-state index contributed by atoms with van der Waals surface area (Å²) in [5, 5.41) is 9.56. The lowest BCUT2D eigenvalue weighted by molar-refractivity contribution is -0.116. The number of hydrogen-bond donors (Lipinski definition) is 3. The highest BCUT2D eigenvalue weighted by Crippen LogP contribution is 2.19. The zero-order valence-corrected chi connectivity index (χ0v) is 21.6. The van der Waals surface area contributed by atoms with Crippen molar-refractivity contribution >= 4 is 41.5 Å². The third-order valence-corrected chi connectivity index (χ3v) is 4.98. The summed E-state index contributed by atoms with van der Waals surface area (Å²) in [6, 6.07) is 7.83. The lowest BCUT2D eigenvalue weighted by atomic mass is 10.1. The minimum Gasteiger partial charge on any atom is -0.376 e. The van der Waals surface area contributed by atoms with Gasteiger partial charge in [0.2, 0.25) is 5.91 Å². The van der Waals surface area contributed by atoms with Crippen molar-refractivity contribution in [3.05, 3.63) is 29.8 Å². The van der Waals surface area contributed by atoms with Crippen LogP contribution in [0.25, 0.3) is 0 Å². The van der Waals surface area contributed by atoms with Crippen LogP contribution in [0.15, 0.2) is 29.3 Å². The predicted molar refractivity (Wildman–Crippen MR) is 139 cm³/mol. The smallest absolute Gasteiger partial charge is 0.238 e. The van der Waals surface area contributed by atoms with Crippen LogP contribution >= 0.6 is 24.0 Å². The third kappa shape index (κ3) is 12.3. The van der Waals surface area contributed by atoms with Crippen molar-refractivity contribution in [2.45, 2.75) is 58.1 Å². The molecule has 176 valence electrons. The monoisotopic (exact) mass is 545 g/mol. The van der Waals surface area contributed by atoms with Gasteiger partial charge in [0.1, 0.15) is 0 Å². The molecule has 0 bridgehead atoms. The maximum atomic E-state index is 12.0. The van der Waals surface area contributed by atoms with E-state index in [4.69, 9.17) is 4.74 Å². The fourth-order valence-corrected chi connectivity index (χ4v) is 3.55. The molecular formula is C23H40IN5O2. The van der Waals surface area contributed by atoms with Crippen LogP contribution in [0.1, 0.15) is 51.0 Å². The number of carbonyl (C=O) groups is 1. The van der Waals surface area contributed by atoms with Crippen LogP contribution in [0.5, 0.6) is 0 Å². The van der Waals surface area contributed by atoms with Gasteiger partial charge in [0, 0.05) is 18.8 Å². The first-order valence-electron chi connectivity index (χ1n) is 11.2. The molecule has 1 aromatic carbocycles. The highest BCUT2D eigenvalue weighted by Gasteiger charge is 2.12. The number of likely N-dealkylation sites (N-methyl/N-ethyl adjacent to an activating group) is 1. The second kappa shape index (κ2) is 16.3. The molecule has 7 nitrogen and oxygen atoms in total. The quantitative estimate of drug-likeness (QED) is 0.138. The summed E-state index contributed by atoms with van der Waals surface area (Å²) in [5.74, 6) is 0.758. The van der Waals surface area contributed by atoms with Gasteiger partial charge in [-0.25, -0.2) is 4.99 Å². The average molecular weight is 546 g/mol. The second-order valence-corrected chi connectivity index (χ2v) is 8.09. The predicted octanol–water partition coefficient (Wildman–Crippen LogP) is 3.60. The van der Waals surface area contributed by atoms with Crippen molar-refractivity contribution in [3.63, 3.8) is 0 Å². The highest BCUT2D eigenvalue weighted by molar-refractivity contribution is 14.0. The number of nitrogens with zero attached hydrogens (tertiary/aromatic N) is 2. The normalized spacial score (nSPS) is 15.2. The number of carbonyl (C=O) groups excluding carboxylic acids is 1. The topological polar surface area (TPSA) is 78.0 Å². The minimum atomic E-state index is -0.0238. The van der Waals surface area contributed by atoms with E-state index in [-0.39, 0.29) is 29.9 Å². The Labute approximate surface area is 204 Å². The van der Waals surface area contributed by atoms with E-state index in [9.17, 15) is 4.79 Å².